The van der Waals surface area contributed by atoms with Gasteiger partial charge in [-0.1, -0.05) is 24.3 Å². The first kappa shape index (κ1) is 25.2. The lowest BCUT2D eigenvalue weighted by Crippen LogP contribution is -2.49. The minimum absolute atomic E-state index is 0.0554. The van der Waals surface area contributed by atoms with Crippen molar-refractivity contribution < 1.29 is 19.0 Å². The molecule has 1 aliphatic rings. The fourth-order valence-electron chi connectivity index (χ4n) is 4.69. The highest BCUT2D eigenvalue weighted by atomic mass is 16.5. The maximum absolute atomic E-state index is 13.9. The summed E-state index contributed by atoms with van der Waals surface area (Å²) in [5.41, 5.74) is 3.93. The van der Waals surface area contributed by atoms with Crippen LogP contribution in [0.3, 0.4) is 0 Å². The largest absolute Gasteiger partial charge is 0.497 e. The molecule has 1 aromatic heterocycles. The van der Waals surface area contributed by atoms with Gasteiger partial charge in [0.05, 0.1) is 37.9 Å². The first-order valence-corrected chi connectivity index (χ1v) is 12.8. The highest BCUT2D eigenvalue weighted by molar-refractivity contribution is 5.94. The second-order valence-corrected chi connectivity index (χ2v) is 8.94. The van der Waals surface area contributed by atoms with E-state index in [2.05, 4.69) is 11.0 Å². The van der Waals surface area contributed by atoms with Crippen LogP contribution in [0.15, 0.2) is 78.9 Å². The van der Waals surface area contributed by atoms with Gasteiger partial charge in [0, 0.05) is 31.7 Å². The number of benzene rings is 3. The molecule has 0 atom stereocenters. The van der Waals surface area contributed by atoms with Crippen molar-refractivity contribution in [2.75, 3.05) is 51.9 Å². The SMILES string of the molecule is CCOc1ccccc1N1CCN(C(=O)c2cc(-c3cccc(OC)c3)nn2-c2ccc(OC)cc2)CC1. The smallest absolute Gasteiger partial charge is 0.272 e. The lowest BCUT2D eigenvalue weighted by atomic mass is 10.1. The van der Waals surface area contributed by atoms with Gasteiger partial charge >= 0.3 is 0 Å². The lowest BCUT2D eigenvalue weighted by Gasteiger charge is -2.36. The molecule has 0 unspecified atom stereocenters. The third kappa shape index (κ3) is 5.16. The van der Waals surface area contributed by atoms with E-state index in [1.54, 1.807) is 18.9 Å². The quantitative estimate of drug-likeness (QED) is 0.334. The third-order valence-electron chi connectivity index (χ3n) is 6.68. The standard InChI is InChI=1S/C30H32N4O4/c1-4-38-29-11-6-5-10-27(29)32-16-18-33(19-17-32)30(35)28-21-26(22-8-7-9-25(20-22)37-3)31-34(28)23-12-14-24(36-2)15-13-23/h5-15,20-21H,4,16-19H2,1-3H3. The van der Waals surface area contributed by atoms with E-state index in [9.17, 15) is 4.79 Å². The van der Waals surface area contributed by atoms with Gasteiger partial charge in [-0.25, -0.2) is 4.68 Å². The van der Waals surface area contributed by atoms with Gasteiger partial charge in [0.25, 0.3) is 5.91 Å². The Morgan fingerprint density at radius 2 is 1.58 bits per heavy atom. The van der Waals surface area contributed by atoms with E-state index < -0.39 is 0 Å². The Morgan fingerprint density at radius 1 is 0.842 bits per heavy atom. The van der Waals surface area contributed by atoms with Crippen LogP contribution in [0.2, 0.25) is 0 Å². The van der Waals surface area contributed by atoms with Crippen molar-refractivity contribution in [2.24, 2.45) is 0 Å². The highest BCUT2D eigenvalue weighted by Crippen LogP contribution is 2.30. The fraction of sp³-hybridized carbons (Fsp3) is 0.267. The molecule has 0 bridgehead atoms. The van der Waals surface area contributed by atoms with E-state index in [4.69, 9.17) is 19.3 Å². The molecule has 1 aliphatic heterocycles. The molecule has 4 aromatic rings. The number of amides is 1. The van der Waals surface area contributed by atoms with Gasteiger partial charge in [-0.2, -0.15) is 5.10 Å². The minimum Gasteiger partial charge on any atom is -0.497 e. The zero-order valence-corrected chi connectivity index (χ0v) is 22.0. The minimum atomic E-state index is -0.0554. The molecular formula is C30H32N4O4. The Morgan fingerprint density at radius 3 is 2.29 bits per heavy atom. The van der Waals surface area contributed by atoms with Crippen LogP contribution in [0, 0.1) is 0 Å². The number of ether oxygens (including phenoxy) is 3. The van der Waals surface area contributed by atoms with Crippen molar-refractivity contribution in [2.45, 2.75) is 6.92 Å². The Balaban J connectivity index is 1.42. The molecule has 0 spiro atoms. The summed E-state index contributed by atoms with van der Waals surface area (Å²) in [6.45, 7) is 5.23. The van der Waals surface area contributed by atoms with Gasteiger partial charge in [-0.15, -0.1) is 0 Å². The summed E-state index contributed by atoms with van der Waals surface area (Å²) >= 11 is 0. The number of hydrogen-bond donors (Lipinski definition) is 0. The van der Waals surface area contributed by atoms with E-state index in [1.807, 2.05) is 84.6 Å². The summed E-state index contributed by atoms with van der Waals surface area (Å²) in [5, 5.41) is 4.84. The number of piperazine rings is 1. The van der Waals surface area contributed by atoms with E-state index >= 15 is 0 Å². The predicted molar refractivity (Wildman–Crippen MR) is 148 cm³/mol. The second kappa shape index (κ2) is 11.3. The molecule has 1 fully saturated rings. The number of para-hydroxylation sites is 2. The molecule has 0 N–H and O–H groups in total. The summed E-state index contributed by atoms with van der Waals surface area (Å²) in [5.74, 6) is 2.29. The molecule has 0 saturated carbocycles. The molecule has 1 amide bonds. The molecule has 3 aromatic carbocycles. The van der Waals surface area contributed by atoms with Gasteiger partial charge in [0.1, 0.15) is 22.9 Å². The number of aromatic nitrogens is 2. The average Bonchev–Trinajstić information content (AvgIpc) is 3.43. The van der Waals surface area contributed by atoms with Crippen molar-refractivity contribution in [3.8, 4) is 34.2 Å². The van der Waals surface area contributed by atoms with Gasteiger partial charge in [0.2, 0.25) is 0 Å². The number of carbonyl (C=O) groups excluding carboxylic acids is 1. The Hall–Kier alpha value is -4.46. The number of methoxy groups -OCH3 is 2. The Labute approximate surface area is 223 Å². The summed E-state index contributed by atoms with van der Waals surface area (Å²) in [7, 11) is 3.27. The van der Waals surface area contributed by atoms with Crippen molar-refractivity contribution >= 4 is 11.6 Å². The normalized spacial score (nSPS) is 13.3. The van der Waals surface area contributed by atoms with Crippen molar-refractivity contribution in [1.82, 2.24) is 14.7 Å². The molecule has 2 heterocycles. The highest BCUT2D eigenvalue weighted by Gasteiger charge is 2.27. The molecular weight excluding hydrogens is 480 g/mol. The lowest BCUT2D eigenvalue weighted by molar-refractivity contribution is 0.0737. The third-order valence-corrected chi connectivity index (χ3v) is 6.68. The number of carbonyl (C=O) groups is 1. The molecule has 8 nitrogen and oxygen atoms in total. The molecule has 0 aliphatic carbocycles. The summed E-state index contributed by atoms with van der Waals surface area (Å²) < 4.78 is 18.3. The second-order valence-electron chi connectivity index (χ2n) is 8.94. The molecule has 5 rings (SSSR count). The van der Waals surface area contributed by atoms with Crippen LogP contribution >= 0.6 is 0 Å². The topological polar surface area (TPSA) is 69.1 Å². The summed E-state index contributed by atoms with van der Waals surface area (Å²) in [6.07, 6.45) is 0. The molecule has 8 heteroatoms. The van der Waals surface area contributed by atoms with Crippen molar-refractivity contribution in [3.05, 3.63) is 84.6 Å². The van der Waals surface area contributed by atoms with Gasteiger partial charge < -0.3 is 24.0 Å². The van der Waals surface area contributed by atoms with Crippen LogP contribution in [0.4, 0.5) is 5.69 Å². The van der Waals surface area contributed by atoms with Crippen molar-refractivity contribution in [3.63, 3.8) is 0 Å². The van der Waals surface area contributed by atoms with Gasteiger partial charge in [-0.3, -0.25) is 4.79 Å². The summed E-state index contributed by atoms with van der Waals surface area (Å²) in [6, 6.07) is 25.1. The first-order valence-electron chi connectivity index (χ1n) is 12.8. The van der Waals surface area contributed by atoms with Crippen molar-refractivity contribution in [1.29, 1.82) is 0 Å². The zero-order valence-electron chi connectivity index (χ0n) is 22.0. The van der Waals surface area contributed by atoms with E-state index in [-0.39, 0.29) is 5.91 Å². The summed E-state index contributed by atoms with van der Waals surface area (Å²) in [4.78, 5) is 18.0. The van der Waals surface area contributed by atoms with Crippen LogP contribution in [0.5, 0.6) is 17.2 Å². The van der Waals surface area contributed by atoms with E-state index in [0.717, 1.165) is 47.3 Å². The van der Waals surface area contributed by atoms with Gasteiger partial charge in [0.15, 0.2) is 0 Å². The van der Waals surface area contributed by atoms with Crippen LogP contribution < -0.4 is 19.1 Å². The van der Waals surface area contributed by atoms with Crippen LogP contribution in [-0.4, -0.2) is 67.6 Å². The first-order chi connectivity index (χ1) is 18.6. The number of rotatable bonds is 8. The monoisotopic (exact) mass is 512 g/mol. The molecule has 1 saturated heterocycles. The molecule has 38 heavy (non-hydrogen) atoms. The fourth-order valence-corrected chi connectivity index (χ4v) is 4.69. The van der Waals surface area contributed by atoms with Crippen LogP contribution in [0.1, 0.15) is 17.4 Å². The number of anilines is 1. The molecule has 196 valence electrons. The Kier molecular flexibility index (Phi) is 7.49. The molecule has 0 radical (unpaired) electrons. The van der Waals surface area contributed by atoms with E-state index in [0.29, 0.717) is 31.1 Å². The zero-order chi connectivity index (χ0) is 26.5. The average molecular weight is 513 g/mol. The Bertz CT molecular complexity index is 1390. The predicted octanol–water partition coefficient (Wildman–Crippen LogP) is 4.92. The van der Waals surface area contributed by atoms with Crippen LogP contribution in [0.25, 0.3) is 16.9 Å². The maximum atomic E-state index is 13.9. The number of hydrogen-bond acceptors (Lipinski definition) is 6. The van der Waals surface area contributed by atoms with Crippen LogP contribution in [-0.2, 0) is 0 Å². The maximum Gasteiger partial charge on any atom is 0.272 e. The van der Waals surface area contributed by atoms with E-state index in [1.165, 1.54) is 0 Å². The number of nitrogens with zero attached hydrogens (tertiary/aromatic N) is 4. The van der Waals surface area contributed by atoms with Gasteiger partial charge in [-0.05, 0) is 61.5 Å².